The molecule has 4 heterocycles. The van der Waals surface area contributed by atoms with E-state index in [1.807, 2.05) is 17.4 Å². The van der Waals surface area contributed by atoms with E-state index >= 15 is 0 Å². The molecule has 0 bridgehead atoms. The predicted octanol–water partition coefficient (Wildman–Crippen LogP) is 16.0. The molecule has 5 heteroatoms. The second-order valence-corrected chi connectivity index (χ2v) is 17.4. The number of hydrogen-bond acceptors (Lipinski definition) is 4. The van der Waals surface area contributed by atoms with Crippen molar-refractivity contribution in [2.45, 2.75) is 0 Å². The monoisotopic (exact) mass is 832 g/mol. The van der Waals surface area contributed by atoms with Crippen molar-refractivity contribution in [3.05, 3.63) is 218 Å². The number of fused-ring (bicyclic) bond motifs is 9. The standard InChI is InChI=1S/C59H36N4S/c1-2-14-39(15-3-1)51-36-52(40-29-32-43(33-30-40)63-53-22-9-6-18-45(53)46-19-7-10-23-54(46)63)62-59(61-51)41-27-25-37(26-28-41)42-31-34-50-49(35-42)56-48-20-8-11-24-55(48)64-58(56)57(60-50)47-21-12-16-38-13-4-5-17-44(38)47/h1-36H. The third-order valence-corrected chi connectivity index (χ3v) is 13.8. The van der Waals surface area contributed by atoms with Gasteiger partial charge in [0.15, 0.2) is 5.82 Å². The van der Waals surface area contributed by atoms with Gasteiger partial charge in [0.25, 0.3) is 0 Å². The van der Waals surface area contributed by atoms with Crippen molar-refractivity contribution in [2.24, 2.45) is 0 Å². The third-order valence-electron chi connectivity index (χ3n) is 12.6. The van der Waals surface area contributed by atoms with Gasteiger partial charge in [0.2, 0.25) is 0 Å². The molecule has 0 aliphatic heterocycles. The number of aromatic nitrogens is 4. The van der Waals surface area contributed by atoms with Gasteiger partial charge in [-0.1, -0.05) is 170 Å². The smallest absolute Gasteiger partial charge is 0.160 e. The topological polar surface area (TPSA) is 43.6 Å². The zero-order valence-corrected chi connectivity index (χ0v) is 35.3. The first-order valence-electron chi connectivity index (χ1n) is 21.6. The van der Waals surface area contributed by atoms with Crippen molar-refractivity contribution in [2.75, 3.05) is 0 Å². The van der Waals surface area contributed by atoms with E-state index in [2.05, 4.69) is 217 Å². The third kappa shape index (κ3) is 5.93. The summed E-state index contributed by atoms with van der Waals surface area (Å²) in [6.07, 6.45) is 0. The summed E-state index contributed by atoms with van der Waals surface area (Å²) < 4.78 is 4.82. The number of nitrogens with zero attached hydrogens (tertiary/aromatic N) is 4. The molecule has 0 unspecified atom stereocenters. The van der Waals surface area contributed by atoms with Gasteiger partial charge in [-0.05, 0) is 70.4 Å². The summed E-state index contributed by atoms with van der Waals surface area (Å²) in [4.78, 5) is 15.8. The minimum absolute atomic E-state index is 0.685. The normalized spacial score (nSPS) is 11.8. The molecule has 0 radical (unpaired) electrons. The van der Waals surface area contributed by atoms with E-state index in [0.717, 1.165) is 67.1 Å². The van der Waals surface area contributed by atoms with E-state index in [9.17, 15) is 0 Å². The summed E-state index contributed by atoms with van der Waals surface area (Å²) in [6.45, 7) is 0. The Bertz CT molecular complexity index is 3880. The largest absolute Gasteiger partial charge is 0.309 e. The summed E-state index contributed by atoms with van der Waals surface area (Å²) in [5.74, 6) is 0.685. The molecule has 298 valence electrons. The Morgan fingerprint density at radius 1 is 0.375 bits per heavy atom. The molecule has 0 spiro atoms. The van der Waals surface area contributed by atoms with Gasteiger partial charge in [-0.2, -0.15) is 0 Å². The Morgan fingerprint density at radius 2 is 0.953 bits per heavy atom. The predicted molar refractivity (Wildman–Crippen MR) is 269 cm³/mol. The molecule has 0 aliphatic rings. The fraction of sp³-hybridized carbons (Fsp3) is 0. The molecule has 0 saturated heterocycles. The van der Waals surface area contributed by atoms with Crippen LogP contribution in [-0.2, 0) is 0 Å². The van der Waals surface area contributed by atoms with Crippen LogP contribution in [0.4, 0.5) is 0 Å². The molecule has 9 aromatic carbocycles. The van der Waals surface area contributed by atoms with Crippen molar-refractivity contribution in [1.29, 1.82) is 0 Å². The lowest BCUT2D eigenvalue weighted by atomic mass is 9.97. The average Bonchev–Trinajstić information content (AvgIpc) is 3.93. The fourth-order valence-electron chi connectivity index (χ4n) is 9.55. The molecule has 0 aliphatic carbocycles. The maximum atomic E-state index is 5.41. The van der Waals surface area contributed by atoms with Gasteiger partial charge in [0, 0.05) is 59.6 Å². The fourth-order valence-corrected chi connectivity index (χ4v) is 10.8. The van der Waals surface area contributed by atoms with Crippen molar-refractivity contribution in [3.8, 4) is 62.0 Å². The summed E-state index contributed by atoms with van der Waals surface area (Å²) in [5, 5.41) is 8.60. The lowest BCUT2D eigenvalue weighted by Crippen LogP contribution is -1.97. The number of benzene rings is 9. The molecule has 0 amide bonds. The Morgan fingerprint density at radius 3 is 1.70 bits per heavy atom. The van der Waals surface area contributed by atoms with Gasteiger partial charge in [-0.25, -0.2) is 15.0 Å². The number of hydrogen-bond donors (Lipinski definition) is 0. The maximum absolute atomic E-state index is 5.41. The summed E-state index contributed by atoms with van der Waals surface area (Å²) in [7, 11) is 0. The first kappa shape index (κ1) is 36.4. The van der Waals surface area contributed by atoms with Gasteiger partial charge in [0.1, 0.15) is 0 Å². The van der Waals surface area contributed by atoms with Crippen LogP contribution in [0.2, 0.25) is 0 Å². The maximum Gasteiger partial charge on any atom is 0.160 e. The summed E-state index contributed by atoms with van der Waals surface area (Å²) >= 11 is 1.83. The second kappa shape index (κ2) is 14.7. The minimum atomic E-state index is 0.685. The zero-order valence-electron chi connectivity index (χ0n) is 34.5. The lowest BCUT2D eigenvalue weighted by molar-refractivity contribution is 1.17. The Hall–Kier alpha value is -8.25. The van der Waals surface area contributed by atoms with Gasteiger partial charge in [-0.3, -0.25) is 0 Å². The first-order valence-corrected chi connectivity index (χ1v) is 22.4. The molecule has 0 saturated carbocycles. The molecule has 0 N–H and O–H groups in total. The SMILES string of the molecule is c1ccc(-c2cc(-c3ccc(-n4c5ccccc5c5ccccc54)cc3)nc(-c3ccc(-c4ccc5nc(-c6cccc7ccccc67)c6sc7ccccc7c6c5c4)cc3)n2)cc1. The minimum Gasteiger partial charge on any atom is -0.309 e. The van der Waals surface area contributed by atoms with Crippen LogP contribution in [-0.4, -0.2) is 19.5 Å². The van der Waals surface area contributed by atoms with Crippen LogP contribution in [0.1, 0.15) is 0 Å². The summed E-state index contributed by atoms with van der Waals surface area (Å²) in [6, 6.07) is 77.7. The molecular formula is C59H36N4S. The van der Waals surface area contributed by atoms with E-state index in [1.54, 1.807) is 0 Å². The number of pyridine rings is 1. The van der Waals surface area contributed by atoms with Crippen LogP contribution in [0.3, 0.4) is 0 Å². The van der Waals surface area contributed by atoms with Gasteiger partial charge < -0.3 is 4.57 Å². The molecule has 13 rings (SSSR count). The second-order valence-electron chi connectivity index (χ2n) is 16.3. The quantitative estimate of drug-likeness (QED) is 0.168. The number of rotatable bonds is 6. The van der Waals surface area contributed by atoms with Crippen molar-refractivity contribution in [3.63, 3.8) is 0 Å². The van der Waals surface area contributed by atoms with Crippen LogP contribution in [0, 0.1) is 0 Å². The Kier molecular flexibility index (Phi) is 8.36. The highest BCUT2D eigenvalue weighted by molar-refractivity contribution is 7.26. The number of para-hydroxylation sites is 2. The molecule has 0 fully saturated rings. The highest BCUT2D eigenvalue weighted by Gasteiger charge is 2.19. The Balaban J connectivity index is 0.894. The highest BCUT2D eigenvalue weighted by Crippen LogP contribution is 2.45. The Labute approximate surface area is 373 Å². The van der Waals surface area contributed by atoms with Crippen LogP contribution >= 0.6 is 11.3 Å². The van der Waals surface area contributed by atoms with Gasteiger partial charge in [-0.15, -0.1) is 11.3 Å². The van der Waals surface area contributed by atoms with E-state index in [4.69, 9.17) is 15.0 Å². The first-order chi connectivity index (χ1) is 31.7. The van der Waals surface area contributed by atoms with Crippen molar-refractivity contribution >= 4 is 75.0 Å². The molecule has 64 heavy (non-hydrogen) atoms. The van der Waals surface area contributed by atoms with Crippen LogP contribution < -0.4 is 0 Å². The van der Waals surface area contributed by atoms with Crippen molar-refractivity contribution < 1.29 is 0 Å². The number of thiophene rings is 1. The lowest BCUT2D eigenvalue weighted by Gasteiger charge is -2.12. The molecular weight excluding hydrogens is 797 g/mol. The van der Waals surface area contributed by atoms with E-state index < -0.39 is 0 Å². The molecule has 4 nitrogen and oxygen atoms in total. The average molecular weight is 833 g/mol. The van der Waals surface area contributed by atoms with E-state index in [-0.39, 0.29) is 0 Å². The molecule has 13 aromatic rings. The van der Waals surface area contributed by atoms with Gasteiger partial charge in [0.05, 0.1) is 38.3 Å². The van der Waals surface area contributed by atoms with E-state index in [0.29, 0.717) is 5.82 Å². The zero-order chi connectivity index (χ0) is 42.1. The van der Waals surface area contributed by atoms with E-state index in [1.165, 1.54) is 52.8 Å². The van der Waals surface area contributed by atoms with Crippen LogP contribution in [0.5, 0.6) is 0 Å². The molecule has 4 aromatic heterocycles. The molecule has 0 atom stereocenters. The van der Waals surface area contributed by atoms with Crippen LogP contribution in [0.15, 0.2) is 218 Å². The van der Waals surface area contributed by atoms with Crippen LogP contribution in [0.25, 0.3) is 126 Å². The summed E-state index contributed by atoms with van der Waals surface area (Å²) in [5.41, 5.74) is 13.7. The van der Waals surface area contributed by atoms with Gasteiger partial charge >= 0.3 is 0 Å². The van der Waals surface area contributed by atoms with Crippen molar-refractivity contribution in [1.82, 2.24) is 19.5 Å². The highest BCUT2D eigenvalue weighted by atomic mass is 32.1.